The van der Waals surface area contributed by atoms with Crippen LogP contribution in [-0.2, 0) is 11.2 Å². The standard InChI is InChI=1S/C17H14N2O3/c1-19-16(21)13-8-7-12(10-14(13)17(19)22)18-15(20)9-11-5-3-2-4-6-11/h2-8,10H,9H2,1H3,(H,18,20). The van der Waals surface area contributed by atoms with Crippen LogP contribution in [0, 0.1) is 0 Å². The van der Waals surface area contributed by atoms with Gasteiger partial charge in [0.25, 0.3) is 11.8 Å². The number of amides is 3. The van der Waals surface area contributed by atoms with Gasteiger partial charge < -0.3 is 5.32 Å². The number of fused-ring (bicyclic) bond motifs is 1. The fraction of sp³-hybridized carbons (Fsp3) is 0.118. The van der Waals surface area contributed by atoms with Crippen molar-refractivity contribution in [2.45, 2.75) is 6.42 Å². The van der Waals surface area contributed by atoms with Gasteiger partial charge in [-0.3, -0.25) is 19.3 Å². The number of hydrogen-bond donors (Lipinski definition) is 1. The third-order valence-corrected chi connectivity index (χ3v) is 3.58. The van der Waals surface area contributed by atoms with Gasteiger partial charge in [0.15, 0.2) is 0 Å². The molecule has 110 valence electrons. The van der Waals surface area contributed by atoms with Crippen molar-refractivity contribution in [3.63, 3.8) is 0 Å². The second kappa shape index (κ2) is 5.44. The molecule has 3 rings (SSSR count). The first kappa shape index (κ1) is 14.0. The van der Waals surface area contributed by atoms with Crippen molar-refractivity contribution >= 4 is 23.4 Å². The molecule has 0 aromatic heterocycles. The minimum atomic E-state index is -0.348. The molecule has 22 heavy (non-hydrogen) atoms. The summed E-state index contributed by atoms with van der Waals surface area (Å²) in [5.41, 5.74) is 2.11. The monoisotopic (exact) mass is 294 g/mol. The molecule has 1 aliphatic heterocycles. The summed E-state index contributed by atoms with van der Waals surface area (Å²) in [6, 6.07) is 14.1. The van der Waals surface area contributed by atoms with Gasteiger partial charge in [0, 0.05) is 12.7 Å². The molecule has 0 saturated heterocycles. The zero-order chi connectivity index (χ0) is 15.7. The van der Waals surface area contributed by atoms with Crippen LogP contribution in [0.15, 0.2) is 48.5 Å². The van der Waals surface area contributed by atoms with Crippen molar-refractivity contribution in [1.29, 1.82) is 0 Å². The zero-order valence-corrected chi connectivity index (χ0v) is 12.0. The van der Waals surface area contributed by atoms with Crippen molar-refractivity contribution in [3.05, 3.63) is 65.2 Å². The average molecular weight is 294 g/mol. The van der Waals surface area contributed by atoms with Gasteiger partial charge in [-0.1, -0.05) is 30.3 Å². The highest BCUT2D eigenvalue weighted by atomic mass is 16.2. The van der Waals surface area contributed by atoms with E-state index in [1.54, 1.807) is 18.2 Å². The van der Waals surface area contributed by atoms with Crippen LogP contribution in [0.1, 0.15) is 26.3 Å². The van der Waals surface area contributed by atoms with Crippen LogP contribution in [0.4, 0.5) is 5.69 Å². The fourth-order valence-corrected chi connectivity index (χ4v) is 2.43. The highest BCUT2D eigenvalue weighted by Gasteiger charge is 2.32. The third-order valence-electron chi connectivity index (χ3n) is 3.58. The number of hydrogen-bond acceptors (Lipinski definition) is 3. The number of imide groups is 1. The summed E-state index contributed by atoms with van der Waals surface area (Å²) in [6.07, 6.45) is 0.255. The van der Waals surface area contributed by atoms with Gasteiger partial charge in [0.05, 0.1) is 17.5 Å². The highest BCUT2D eigenvalue weighted by molar-refractivity contribution is 6.21. The average Bonchev–Trinajstić information content (AvgIpc) is 2.73. The number of carbonyl (C=O) groups is 3. The van der Waals surface area contributed by atoms with Gasteiger partial charge in [0.1, 0.15) is 0 Å². The Bertz CT molecular complexity index is 769. The Morgan fingerprint density at radius 1 is 1.00 bits per heavy atom. The molecule has 1 N–H and O–H groups in total. The van der Waals surface area contributed by atoms with Crippen molar-refractivity contribution in [1.82, 2.24) is 4.90 Å². The van der Waals surface area contributed by atoms with Gasteiger partial charge in [-0.25, -0.2) is 0 Å². The Hall–Kier alpha value is -2.95. The smallest absolute Gasteiger partial charge is 0.261 e. The second-order valence-corrected chi connectivity index (χ2v) is 5.14. The molecule has 0 saturated carbocycles. The van der Waals surface area contributed by atoms with Crippen LogP contribution in [0.2, 0.25) is 0 Å². The normalized spacial score (nSPS) is 13.2. The van der Waals surface area contributed by atoms with Crippen LogP contribution >= 0.6 is 0 Å². The Kier molecular flexibility index (Phi) is 3.47. The topological polar surface area (TPSA) is 66.5 Å². The van der Waals surface area contributed by atoms with E-state index < -0.39 is 0 Å². The van der Waals surface area contributed by atoms with Gasteiger partial charge in [-0.15, -0.1) is 0 Å². The van der Waals surface area contributed by atoms with E-state index in [2.05, 4.69) is 5.32 Å². The van der Waals surface area contributed by atoms with Gasteiger partial charge in [-0.05, 0) is 23.8 Å². The lowest BCUT2D eigenvalue weighted by molar-refractivity contribution is -0.115. The molecule has 0 bridgehead atoms. The molecule has 2 aromatic carbocycles. The Morgan fingerprint density at radius 2 is 1.68 bits per heavy atom. The number of rotatable bonds is 3. The molecule has 0 unspecified atom stereocenters. The largest absolute Gasteiger partial charge is 0.326 e. The molecular weight excluding hydrogens is 280 g/mol. The van der Waals surface area contributed by atoms with E-state index in [4.69, 9.17) is 0 Å². The van der Waals surface area contributed by atoms with Gasteiger partial charge in [0.2, 0.25) is 5.91 Å². The molecular formula is C17H14N2O3. The summed E-state index contributed by atoms with van der Waals surface area (Å²) >= 11 is 0. The molecule has 0 radical (unpaired) electrons. The quantitative estimate of drug-likeness (QED) is 0.881. The van der Waals surface area contributed by atoms with E-state index in [1.165, 1.54) is 7.05 Å². The number of benzene rings is 2. The summed E-state index contributed by atoms with van der Waals surface area (Å²) < 4.78 is 0. The minimum Gasteiger partial charge on any atom is -0.326 e. The lowest BCUT2D eigenvalue weighted by atomic mass is 10.1. The van der Waals surface area contributed by atoms with Crippen LogP contribution in [0.25, 0.3) is 0 Å². The molecule has 0 fully saturated rings. The first-order chi connectivity index (χ1) is 10.6. The SMILES string of the molecule is CN1C(=O)c2ccc(NC(=O)Cc3ccccc3)cc2C1=O. The van der Waals surface area contributed by atoms with Crippen LogP contribution in [-0.4, -0.2) is 29.7 Å². The van der Waals surface area contributed by atoms with Crippen molar-refractivity contribution in [3.8, 4) is 0 Å². The van der Waals surface area contributed by atoms with Crippen LogP contribution in [0.5, 0.6) is 0 Å². The molecule has 3 amide bonds. The fourth-order valence-electron chi connectivity index (χ4n) is 2.43. The van der Waals surface area contributed by atoms with Crippen molar-refractivity contribution in [2.24, 2.45) is 0 Å². The van der Waals surface area contributed by atoms with Crippen LogP contribution in [0.3, 0.4) is 0 Å². The van der Waals surface area contributed by atoms with E-state index in [0.717, 1.165) is 10.5 Å². The summed E-state index contributed by atoms with van der Waals surface area (Å²) in [4.78, 5) is 36.8. The summed E-state index contributed by atoms with van der Waals surface area (Å²) in [5, 5.41) is 2.75. The third kappa shape index (κ3) is 2.48. The summed E-state index contributed by atoms with van der Waals surface area (Å²) in [5.74, 6) is -0.836. The Labute approximate surface area is 127 Å². The van der Waals surface area contributed by atoms with Gasteiger partial charge in [-0.2, -0.15) is 0 Å². The zero-order valence-electron chi connectivity index (χ0n) is 12.0. The molecule has 5 nitrogen and oxygen atoms in total. The lowest BCUT2D eigenvalue weighted by Crippen LogP contribution is -2.24. The predicted molar refractivity (Wildman–Crippen MR) is 81.6 cm³/mol. The van der Waals surface area contributed by atoms with E-state index in [9.17, 15) is 14.4 Å². The van der Waals surface area contributed by atoms with Crippen molar-refractivity contribution in [2.75, 3.05) is 12.4 Å². The maximum Gasteiger partial charge on any atom is 0.261 e. The molecule has 0 atom stereocenters. The molecule has 0 aliphatic carbocycles. The minimum absolute atomic E-state index is 0.170. The van der Waals surface area contributed by atoms with Crippen LogP contribution < -0.4 is 5.32 Å². The number of anilines is 1. The van der Waals surface area contributed by atoms with E-state index >= 15 is 0 Å². The summed E-state index contributed by atoms with van der Waals surface area (Å²) in [6.45, 7) is 0. The molecule has 5 heteroatoms. The highest BCUT2D eigenvalue weighted by Crippen LogP contribution is 2.24. The number of carbonyl (C=O) groups excluding carboxylic acids is 3. The van der Waals surface area contributed by atoms with Crippen molar-refractivity contribution < 1.29 is 14.4 Å². The second-order valence-electron chi connectivity index (χ2n) is 5.14. The molecule has 2 aromatic rings. The number of nitrogens with one attached hydrogen (secondary N) is 1. The number of nitrogens with zero attached hydrogens (tertiary/aromatic N) is 1. The Morgan fingerprint density at radius 3 is 2.41 bits per heavy atom. The predicted octanol–water partition coefficient (Wildman–Crippen LogP) is 2.09. The van der Waals surface area contributed by atoms with E-state index in [0.29, 0.717) is 16.8 Å². The van der Waals surface area contributed by atoms with E-state index in [1.807, 2.05) is 30.3 Å². The maximum absolute atomic E-state index is 12.0. The Balaban J connectivity index is 1.76. The molecule has 1 aliphatic rings. The van der Waals surface area contributed by atoms with E-state index in [-0.39, 0.29) is 24.1 Å². The lowest BCUT2D eigenvalue weighted by Gasteiger charge is -2.06. The first-order valence-electron chi connectivity index (χ1n) is 6.86. The van der Waals surface area contributed by atoms with Gasteiger partial charge >= 0.3 is 0 Å². The summed E-state index contributed by atoms with van der Waals surface area (Å²) in [7, 11) is 1.44. The molecule has 0 spiro atoms. The molecule has 1 heterocycles. The first-order valence-corrected chi connectivity index (χ1v) is 6.86. The maximum atomic E-state index is 12.0.